The van der Waals surface area contributed by atoms with Gasteiger partial charge in [-0.1, -0.05) is 0 Å². The van der Waals surface area contributed by atoms with Crippen molar-refractivity contribution >= 4 is 34.4 Å². The summed E-state index contributed by atoms with van der Waals surface area (Å²) >= 11 is 0. The molecule has 0 bridgehead atoms. The number of amides is 1. The number of aliphatic hydroxyl groups is 1. The lowest BCUT2D eigenvalue weighted by molar-refractivity contribution is -0.114. The molecule has 1 aliphatic carbocycles. The number of aliphatic hydroxyl groups excluding tert-OH is 1. The number of rotatable bonds is 5. The van der Waals surface area contributed by atoms with Crippen molar-refractivity contribution in [1.82, 2.24) is 14.8 Å². The summed E-state index contributed by atoms with van der Waals surface area (Å²) in [5.74, 6) is 0.525. The van der Waals surface area contributed by atoms with Gasteiger partial charge in [0.05, 0.1) is 48.3 Å². The van der Waals surface area contributed by atoms with Crippen LogP contribution in [0.5, 0.6) is 0 Å². The number of primary amides is 1. The maximum absolute atomic E-state index is 12.2. The molecule has 0 atom stereocenters. The number of carbonyl (C=O) groups excluding carboxylic acids is 1. The number of allylic oxidation sites excluding steroid dienone is 1. The van der Waals surface area contributed by atoms with Crippen LogP contribution in [0.15, 0.2) is 47.0 Å². The molecule has 0 radical (unpaired) electrons. The lowest BCUT2D eigenvalue weighted by Crippen LogP contribution is -2.39. The highest BCUT2D eigenvalue weighted by molar-refractivity contribution is 5.97. The van der Waals surface area contributed by atoms with Gasteiger partial charge in [-0.3, -0.25) is 14.5 Å². The molecular weight excluding hydrogens is 446 g/mol. The van der Waals surface area contributed by atoms with Gasteiger partial charge in [-0.2, -0.15) is 5.10 Å². The Morgan fingerprint density at radius 2 is 1.94 bits per heavy atom. The average molecular weight is 478 g/mol. The maximum atomic E-state index is 12.2. The number of carbonyl (C=O) groups is 1. The van der Waals surface area contributed by atoms with E-state index < -0.39 is 5.91 Å². The molecule has 1 saturated heterocycles. The van der Waals surface area contributed by atoms with Crippen molar-refractivity contribution in [1.29, 1.82) is 0 Å². The fourth-order valence-corrected chi connectivity index (χ4v) is 5.57. The molecule has 1 aromatic heterocycles. The van der Waals surface area contributed by atoms with E-state index in [2.05, 4.69) is 37.9 Å². The third kappa shape index (κ3) is 3.96. The monoisotopic (exact) mass is 477 g/mol. The van der Waals surface area contributed by atoms with Crippen molar-refractivity contribution < 1.29 is 14.6 Å². The molecule has 35 heavy (non-hydrogen) atoms. The number of morpholine rings is 1. The highest BCUT2D eigenvalue weighted by Gasteiger charge is 2.35. The Morgan fingerprint density at radius 3 is 2.69 bits per heavy atom. The van der Waals surface area contributed by atoms with Gasteiger partial charge in [-0.05, 0) is 49.8 Å². The molecule has 2 fully saturated rings. The number of ether oxygens (including phenoxy) is 1. The van der Waals surface area contributed by atoms with Crippen LogP contribution in [0, 0.1) is 5.92 Å². The average Bonchev–Trinajstić information content (AvgIpc) is 3.50. The molecule has 1 amide bonds. The first-order valence-electron chi connectivity index (χ1n) is 12.4. The van der Waals surface area contributed by atoms with Crippen molar-refractivity contribution in [3.05, 3.63) is 42.0 Å². The Labute approximate surface area is 203 Å². The van der Waals surface area contributed by atoms with Crippen molar-refractivity contribution in [3.8, 4) is 0 Å². The number of benzene rings is 1. The summed E-state index contributed by atoms with van der Waals surface area (Å²) in [5.41, 5.74) is 9.21. The Balaban J connectivity index is 1.40. The van der Waals surface area contributed by atoms with Gasteiger partial charge < -0.3 is 20.5 Å². The number of hydrazine groups is 1. The van der Waals surface area contributed by atoms with Gasteiger partial charge in [0.25, 0.3) is 0 Å². The van der Waals surface area contributed by atoms with Crippen LogP contribution in [-0.2, 0) is 9.53 Å². The molecule has 0 unspecified atom stereocenters. The van der Waals surface area contributed by atoms with Gasteiger partial charge in [0.1, 0.15) is 0 Å². The molecule has 4 heterocycles. The standard InChI is InChI=1S/C25H31N7O3/c26-24(34)20-15-32(31-7-1-6-27-25(20)31)23-12-18-14-30(19-4-2-17(16-33)3-5-19)28-21(18)13-22(23)29-8-10-35-11-9-29/h1,6-7,12-14,17,19,33H,2-5,8-11,15-16H2,(H2,26,34). The molecular formula is C25H31N7O3. The number of fused-ring (bicyclic) bond motifs is 2. The summed E-state index contributed by atoms with van der Waals surface area (Å²) in [6, 6.07) is 4.67. The number of anilines is 2. The van der Waals surface area contributed by atoms with Crippen LogP contribution in [0.3, 0.4) is 0 Å². The van der Waals surface area contributed by atoms with Gasteiger partial charge in [0.15, 0.2) is 5.82 Å². The molecule has 1 aromatic carbocycles. The predicted molar refractivity (Wildman–Crippen MR) is 134 cm³/mol. The molecule has 3 aliphatic heterocycles. The van der Waals surface area contributed by atoms with Crippen LogP contribution in [0.4, 0.5) is 11.4 Å². The van der Waals surface area contributed by atoms with Crippen LogP contribution in [0.1, 0.15) is 31.7 Å². The van der Waals surface area contributed by atoms with Crippen molar-refractivity contribution in [2.24, 2.45) is 16.6 Å². The van der Waals surface area contributed by atoms with Crippen molar-refractivity contribution in [2.45, 2.75) is 31.7 Å². The zero-order valence-electron chi connectivity index (χ0n) is 19.7. The summed E-state index contributed by atoms with van der Waals surface area (Å²) in [4.78, 5) is 19.0. The zero-order valence-corrected chi connectivity index (χ0v) is 19.7. The summed E-state index contributed by atoms with van der Waals surface area (Å²) in [6.45, 7) is 3.54. The van der Waals surface area contributed by atoms with E-state index in [-0.39, 0.29) is 6.61 Å². The first kappa shape index (κ1) is 22.1. The molecule has 0 spiro atoms. The first-order chi connectivity index (χ1) is 17.1. The largest absolute Gasteiger partial charge is 0.396 e. The van der Waals surface area contributed by atoms with Gasteiger partial charge in [0, 0.05) is 43.7 Å². The van der Waals surface area contributed by atoms with E-state index in [0.29, 0.717) is 43.1 Å². The minimum atomic E-state index is -0.458. The normalized spacial score (nSPS) is 24.5. The minimum Gasteiger partial charge on any atom is -0.396 e. The second-order valence-electron chi connectivity index (χ2n) is 9.65. The van der Waals surface area contributed by atoms with Gasteiger partial charge in [-0.25, -0.2) is 10.0 Å². The second-order valence-corrected chi connectivity index (χ2v) is 9.65. The van der Waals surface area contributed by atoms with Crippen LogP contribution in [0.25, 0.3) is 10.9 Å². The molecule has 6 rings (SSSR count). The SMILES string of the molecule is NC(=O)C1=C2N=CC=CN2N(c2cc3cn(C4CCC(CO)CC4)nc3cc2N2CCOCC2)C1. The Kier molecular flexibility index (Phi) is 5.69. The molecule has 1 saturated carbocycles. The highest BCUT2D eigenvalue weighted by atomic mass is 16.5. The van der Waals surface area contributed by atoms with E-state index in [4.69, 9.17) is 15.6 Å². The molecule has 184 valence electrons. The Morgan fingerprint density at radius 1 is 1.14 bits per heavy atom. The quantitative estimate of drug-likeness (QED) is 0.677. The number of hydrogen-bond donors (Lipinski definition) is 2. The van der Waals surface area contributed by atoms with E-state index >= 15 is 0 Å². The van der Waals surface area contributed by atoms with Crippen molar-refractivity contribution in [2.75, 3.05) is 49.4 Å². The number of nitrogens with zero attached hydrogens (tertiary/aromatic N) is 6. The Bertz CT molecular complexity index is 1220. The van der Waals surface area contributed by atoms with Gasteiger partial charge in [0.2, 0.25) is 5.91 Å². The molecule has 4 aliphatic rings. The fraction of sp³-hybridized carbons (Fsp3) is 0.480. The zero-order chi connectivity index (χ0) is 23.9. The minimum absolute atomic E-state index is 0.272. The van der Waals surface area contributed by atoms with E-state index in [1.807, 2.05) is 17.3 Å². The number of hydrogen-bond acceptors (Lipinski definition) is 8. The van der Waals surface area contributed by atoms with E-state index in [0.717, 1.165) is 61.1 Å². The summed E-state index contributed by atoms with van der Waals surface area (Å²) in [6.07, 6.45) is 11.7. The summed E-state index contributed by atoms with van der Waals surface area (Å²) in [5, 5.41) is 19.5. The summed E-state index contributed by atoms with van der Waals surface area (Å²) in [7, 11) is 0. The Hall–Kier alpha value is -3.37. The molecule has 2 aromatic rings. The van der Waals surface area contributed by atoms with E-state index in [1.165, 1.54) is 0 Å². The lowest BCUT2D eigenvalue weighted by Gasteiger charge is -2.36. The number of nitrogens with two attached hydrogens (primary N) is 1. The predicted octanol–water partition coefficient (Wildman–Crippen LogP) is 1.93. The van der Waals surface area contributed by atoms with Crippen LogP contribution < -0.4 is 15.6 Å². The highest BCUT2D eigenvalue weighted by Crippen LogP contribution is 2.40. The summed E-state index contributed by atoms with van der Waals surface area (Å²) < 4.78 is 7.72. The first-order valence-corrected chi connectivity index (χ1v) is 12.4. The van der Waals surface area contributed by atoms with Crippen molar-refractivity contribution in [3.63, 3.8) is 0 Å². The lowest BCUT2D eigenvalue weighted by atomic mass is 9.87. The third-order valence-electron chi connectivity index (χ3n) is 7.56. The van der Waals surface area contributed by atoms with Crippen LogP contribution in [-0.4, -0.2) is 71.5 Å². The topological polar surface area (TPSA) is 112 Å². The molecule has 3 N–H and O–H groups in total. The maximum Gasteiger partial charge on any atom is 0.250 e. The van der Waals surface area contributed by atoms with Gasteiger partial charge >= 0.3 is 0 Å². The van der Waals surface area contributed by atoms with E-state index in [1.54, 1.807) is 6.21 Å². The van der Waals surface area contributed by atoms with E-state index in [9.17, 15) is 9.90 Å². The fourth-order valence-electron chi connectivity index (χ4n) is 5.57. The smallest absolute Gasteiger partial charge is 0.250 e. The van der Waals surface area contributed by atoms with Crippen LogP contribution in [0.2, 0.25) is 0 Å². The molecule has 10 heteroatoms. The molecule has 10 nitrogen and oxygen atoms in total. The second kappa shape index (κ2) is 9.01. The van der Waals surface area contributed by atoms with Gasteiger partial charge in [-0.15, -0.1) is 0 Å². The van der Waals surface area contributed by atoms with Crippen LogP contribution >= 0.6 is 0 Å². The number of aromatic nitrogens is 2. The number of aliphatic imine (C=N–C) groups is 1. The third-order valence-corrected chi connectivity index (χ3v) is 7.56.